The maximum absolute atomic E-state index is 11.5. The lowest BCUT2D eigenvalue weighted by atomic mass is 9.87. The van der Waals surface area contributed by atoms with Crippen molar-refractivity contribution in [3.63, 3.8) is 0 Å². The first-order valence-corrected chi connectivity index (χ1v) is 7.72. The van der Waals surface area contributed by atoms with Gasteiger partial charge in [0, 0.05) is 0 Å². The van der Waals surface area contributed by atoms with E-state index < -0.39 is 17.8 Å². The standard InChI is InChI=1S/C18H24O5/c1-10(2)6-5-9-18(4,22)17-16(21)14-13(23-17)8-7-12(11(3)19)15(14)20/h6-8,16-17,20-22H,5,9H2,1-4H3/t16-,17-,18+/m1/s1. The van der Waals surface area contributed by atoms with Crippen molar-refractivity contribution in [3.8, 4) is 11.5 Å². The predicted molar refractivity (Wildman–Crippen MR) is 86.8 cm³/mol. The zero-order valence-electron chi connectivity index (χ0n) is 14.0. The van der Waals surface area contributed by atoms with Crippen LogP contribution in [-0.2, 0) is 0 Å². The predicted octanol–water partition coefficient (Wildman–Crippen LogP) is 2.89. The molecule has 3 atom stereocenters. The number of carbonyl (C=O) groups excluding carboxylic acids is 1. The van der Waals surface area contributed by atoms with Gasteiger partial charge in [-0.2, -0.15) is 0 Å². The third-order valence-electron chi connectivity index (χ3n) is 4.21. The minimum atomic E-state index is -1.27. The van der Waals surface area contributed by atoms with Crippen LogP contribution in [0.5, 0.6) is 11.5 Å². The van der Waals surface area contributed by atoms with Crippen LogP contribution < -0.4 is 4.74 Å². The van der Waals surface area contributed by atoms with Crippen molar-refractivity contribution in [1.82, 2.24) is 0 Å². The van der Waals surface area contributed by atoms with Crippen LogP contribution in [0.25, 0.3) is 0 Å². The molecule has 3 N–H and O–H groups in total. The van der Waals surface area contributed by atoms with Gasteiger partial charge in [0.15, 0.2) is 11.9 Å². The van der Waals surface area contributed by atoms with Gasteiger partial charge in [-0.1, -0.05) is 11.6 Å². The number of carbonyl (C=O) groups is 1. The Labute approximate surface area is 136 Å². The molecule has 0 saturated carbocycles. The van der Waals surface area contributed by atoms with Crippen LogP contribution in [0.15, 0.2) is 23.8 Å². The number of ketones is 1. The van der Waals surface area contributed by atoms with Crippen molar-refractivity contribution in [2.75, 3.05) is 0 Å². The zero-order valence-corrected chi connectivity index (χ0v) is 14.0. The average molecular weight is 320 g/mol. The monoisotopic (exact) mass is 320 g/mol. The first-order chi connectivity index (χ1) is 10.6. The van der Waals surface area contributed by atoms with Gasteiger partial charge in [-0.25, -0.2) is 0 Å². The normalized spacial score (nSPS) is 22.0. The van der Waals surface area contributed by atoms with Gasteiger partial charge in [-0.3, -0.25) is 4.79 Å². The lowest BCUT2D eigenvalue weighted by Crippen LogP contribution is -2.44. The van der Waals surface area contributed by atoms with Crippen LogP contribution >= 0.6 is 0 Å². The van der Waals surface area contributed by atoms with Crippen LogP contribution in [0.2, 0.25) is 0 Å². The maximum Gasteiger partial charge on any atom is 0.163 e. The molecule has 0 spiro atoms. The number of aliphatic hydroxyl groups excluding tert-OH is 1. The second-order valence-corrected chi connectivity index (χ2v) is 6.59. The summed E-state index contributed by atoms with van der Waals surface area (Å²) in [5.41, 5.74) is 0.190. The third-order valence-corrected chi connectivity index (χ3v) is 4.21. The Bertz CT molecular complexity index is 641. The molecule has 0 amide bonds. The quantitative estimate of drug-likeness (QED) is 0.573. The number of Topliss-reactive ketones (excluding diaryl/α,β-unsaturated/α-hetero) is 1. The Balaban J connectivity index is 2.27. The van der Waals surface area contributed by atoms with E-state index in [4.69, 9.17) is 4.74 Å². The molecule has 5 nitrogen and oxygen atoms in total. The molecule has 126 valence electrons. The fourth-order valence-corrected chi connectivity index (χ4v) is 2.88. The first kappa shape index (κ1) is 17.5. The number of benzene rings is 1. The molecule has 23 heavy (non-hydrogen) atoms. The van der Waals surface area contributed by atoms with Crippen molar-refractivity contribution in [2.24, 2.45) is 0 Å². The summed E-state index contributed by atoms with van der Waals surface area (Å²) in [6, 6.07) is 3.00. The van der Waals surface area contributed by atoms with Gasteiger partial charge in [0.05, 0.1) is 11.1 Å². The lowest BCUT2D eigenvalue weighted by molar-refractivity contribution is -0.0914. The Morgan fingerprint density at radius 2 is 2.00 bits per heavy atom. The number of allylic oxidation sites excluding steroid dienone is 2. The molecule has 0 aliphatic carbocycles. The molecule has 1 aromatic carbocycles. The van der Waals surface area contributed by atoms with Gasteiger partial charge in [0.1, 0.15) is 23.2 Å². The number of ether oxygens (including phenoxy) is 1. The van der Waals surface area contributed by atoms with Crippen LogP contribution in [0.3, 0.4) is 0 Å². The minimum absolute atomic E-state index is 0.135. The molecule has 0 fully saturated rings. The highest BCUT2D eigenvalue weighted by atomic mass is 16.5. The highest BCUT2D eigenvalue weighted by molar-refractivity contribution is 5.97. The van der Waals surface area contributed by atoms with Crippen molar-refractivity contribution in [2.45, 2.75) is 58.3 Å². The molecule has 2 rings (SSSR count). The average Bonchev–Trinajstić information content (AvgIpc) is 2.77. The smallest absolute Gasteiger partial charge is 0.163 e. The van der Waals surface area contributed by atoms with Crippen molar-refractivity contribution >= 4 is 5.78 Å². The van der Waals surface area contributed by atoms with Crippen molar-refractivity contribution < 1.29 is 24.9 Å². The summed E-state index contributed by atoms with van der Waals surface area (Å²) >= 11 is 0. The number of hydrogen-bond donors (Lipinski definition) is 3. The van der Waals surface area contributed by atoms with E-state index in [1.54, 1.807) is 13.0 Å². The fourth-order valence-electron chi connectivity index (χ4n) is 2.88. The Morgan fingerprint density at radius 3 is 2.57 bits per heavy atom. The second kappa shape index (κ2) is 6.34. The van der Waals surface area contributed by atoms with Gasteiger partial charge < -0.3 is 20.1 Å². The summed E-state index contributed by atoms with van der Waals surface area (Å²) < 4.78 is 5.67. The summed E-state index contributed by atoms with van der Waals surface area (Å²) in [5.74, 6) is -0.270. The zero-order chi connectivity index (χ0) is 17.4. The largest absolute Gasteiger partial charge is 0.507 e. The molecule has 0 unspecified atom stereocenters. The number of aromatic hydroxyl groups is 1. The Kier molecular flexibility index (Phi) is 4.82. The van der Waals surface area contributed by atoms with E-state index in [1.807, 2.05) is 19.9 Å². The summed E-state index contributed by atoms with van der Waals surface area (Å²) in [4.78, 5) is 11.5. The minimum Gasteiger partial charge on any atom is -0.507 e. The number of rotatable bonds is 5. The van der Waals surface area contributed by atoms with Crippen molar-refractivity contribution in [3.05, 3.63) is 34.9 Å². The Morgan fingerprint density at radius 1 is 1.35 bits per heavy atom. The van der Waals surface area contributed by atoms with E-state index in [1.165, 1.54) is 13.0 Å². The molecule has 0 radical (unpaired) electrons. The van der Waals surface area contributed by atoms with E-state index in [0.29, 0.717) is 18.6 Å². The van der Waals surface area contributed by atoms with Crippen LogP contribution in [0, 0.1) is 0 Å². The first-order valence-electron chi connectivity index (χ1n) is 7.72. The van der Waals surface area contributed by atoms with E-state index >= 15 is 0 Å². The molecule has 0 aromatic heterocycles. The molecule has 1 aliphatic rings. The number of phenols is 1. The second-order valence-electron chi connectivity index (χ2n) is 6.59. The number of phenolic OH excluding ortho intramolecular Hbond substituents is 1. The van der Waals surface area contributed by atoms with Crippen LogP contribution in [0.1, 0.15) is 62.6 Å². The number of hydrogen-bond acceptors (Lipinski definition) is 5. The molecule has 0 bridgehead atoms. The summed E-state index contributed by atoms with van der Waals surface area (Å²) in [5, 5.41) is 31.4. The van der Waals surface area contributed by atoms with Gasteiger partial charge >= 0.3 is 0 Å². The van der Waals surface area contributed by atoms with E-state index in [-0.39, 0.29) is 22.7 Å². The fraction of sp³-hybridized carbons (Fsp3) is 0.500. The third kappa shape index (κ3) is 3.41. The van der Waals surface area contributed by atoms with Gasteiger partial charge in [0.2, 0.25) is 0 Å². The highest BCUT2D eigenvalue weighted by Gasteiger charge is 2.46. The molecule has 1 heterocycles. The van der Waals surface area contributed by atoms with E-state index in [2.05, 4.69) is 0 Å². The number of fused-ring (bicyclic) bond motifs is 1. The van der Waals surface area contributed by atoms with Crippen LogP contribution in [0.4, 0.5) is 0 Å². The molecule has 0 saturated heterocycles. The maximum atomic E-state index is 11.5. The summed E-state index contributed by atoms with van der Waals surface area (Å²) in [6.45, 7) is 6.91. The Hall–Kier alpha value is -1.85. The highest BCUT2D eigenvalue weighted by Crippen LogP contribution is 2.47. The number of aliphatic hydroxyl groups is 2. The SMILES string of the molecule is CC(=O)c1ccc2c(c1O)[C@@H](O)[C@H]([C@@](C)(O)CCC=C(C)C)O2. The molecular weight excluding hydrogens is 296 g/mol. The summed E-state index contributed by atoms with van der Waals surface area (Å²) in [7, 11) is 0. The van der Waals surface area contributed by atoms with Gasteiger partial charge in [-0.15, -0.1) is 0 Å². The van der Waals surface area contributed by atoms with E-state index in [0.717, 1.165) is 5.57 Å². The van der Waals surface area contributed by atoms with Crippen LogP contribution in [-0.4, -0.2) is 32.8 Å². The lowest BCUT2D eigenvalue weighted by Gasteiger charge is -2.31. The van der Waals surface area contributed by atoms with E-state index in [9.17, 15) is 20.1 Å². The van der Waals surface area contributed by atoms with Gasteiger partial charge in [0.25, 0.3) is 0 Å². The molecule has 5 heteroatoms. The molecular formula is C18H24O5. The van der Waals surface area contributed by atoms with Crippen molar-refractivity contribution in [1.29, 1.82) is 0 Å². The molecule has 1 aromatic rings. The summed E-state index contributed by atoms with van der Waals surface area (Å²) in [6.07, 6.45) is 0.994. The topological polar surface area (TPSA) is 87.0 Å². The molecule has 1 aliphatic heterocycles. The van der Waals surface area contributed by atoms with Gasteiger partial charge in [-0.05, 0) is 52.7 Å².